The number of aromatic nitrogens is 3. The third kappa shape index (κ3) is 3.86. The van der Waals surface area contributed by atoms with Crippen molar-refractivity contribution >= 4 is 6.03 Å². The van der Waals surface area contributed by atoms with Crippen LogP contribution in [0, 0.1) is 0 Å². The zero-order valence-electron chi connectivity index (χ0n) is 16.4. The Morgan fingerprint density at radius 3 is 2.62 bits per heavy atom. The van der Waals surface area contributed by atoms with Gasteiger partial charge in [-0.15, -0.1) is 5.10 Å². The molecule has 0 bridgehead atoms. The van der Waals surface area contributed by atoms with Gasteiger partial charge in [0.25, 0.3) is 0 Å². The van der Waals surface area contributed by atoms with Crippen LogP contribution in [0.25, 0.3) is 11.3 Å². The van der Waals surface area contributed by atoms with Gasteiger partial charge in [0.1, 0.15) is 23.9 Å². The summed E-state index contributed by atoms with van der Waals surface area (Å²) < 4.78 is 13.8. The van der Waals surface area contributed by atoms with Gasteiger partial charge in [0.15, 0.2) is 0 Å². The monoisotopic (exact) mass is 397 g/mol. The summed E-state index contributed by atoms with van der Waals surface area (Å²) in [5.74, 6) is 0. The minimum Gasteiger partial charge on any atom is -0.371 e. The zero-order chi connectivity index (χ0) is 19.6. The van der Waals surface area contributed by atoms with Crippen molar-refractivity contribution in [1.82, 2.24) is 25.6 Å². The maximum Gasteiger partial charge on any atom is 0.315 e. The van der Waals surface area contributed by atoms with E-state index in [1.54, 1.807) is 0 Å². The molecular weight excluding hydrogens is 370 g/mol. The fourth-order valence-corrected chi connectivity index (χ4v) is 4.65. The molecule has 0 radical (unpaired) electrons. The molecule has 3 aliphatic rings. The number of nitrogens with zero attached hydrogens (tertiary/aromatic N) is 3. The molecule has 8 heteroatoms. The van der Waals surface area contributed by atoms with Gasteiger partial charge in [0, 0.05) is 11.6 Å². The average molecular weight is 397 g/mol. The summed E-state index contributed by atoms with van der Waals surface area (Å²) in [6, 6.07) is 9.95. The van der Waals surface area contributed by atoms with Crippen LogP contribution < -0.4 is 10.6 Å². The molecule has 5 rings (SSSR count). The van der Waals surface area contributed by atoms with Gasteiger partial charge in [-0.1, -0.05) is 54.8 Å². The van der Waals surface area contributed by atoms with Crippen LogP contribution in [-0.4, -0.2) is 58.5 Å². The van der Waals surface area contributed by atoms with Gasteiger partial charge in [-0.2, -0.15) is 0 Å². The van der Waals surface area contributed by atoms with E-state index in [1.165, 1.54) is 19.3 Å². The van der Waals surface area contributed by atoms with E-state index >= 15 is 0 Å². The van der Waals surface area contributed by atoms with E-state index in [-0.39, 0.29) is 36.4 Å². The molecule has 3 heterocycles. The van der Waals surface area contributed by atoms with Crippen LogP contribution in [0.2, 0.25) is 0 Å². The predicted molar refractivity (Wildman–Crippen MR) is 106 cm³/mol. The van der Waals surface area contributed by atoms with Crippen molar-refractivity contribution in [3.05, 3.63) is 36.5 Å². The highest BCUT2D eigenvalue weighted by Gasteiger charge is 2.49. The van der Waals surface area contributed by atoms with Crippen molar-refractivity contribution in [3.8, 4) is 11.3 Å². The molecule has 1 aliphatic carbocycles. The molecule has 0 spiro atoms. The highest BCUT2D eigenvalue weighted by molar-refractivity contribution is 5.74. The standard InChI is InChI=1S/C21H27N5O3/c27-21(22-15-9-5-2-6-10-15)23-17-12-28-20-18(13-29-19(17)20)26-11-16(24-25-26)14-7-3-1-4-8-14/h1,3-4,7-8,11,15,17-20H,2,5-6,9-10,12-13H2,(H2,22,23,27). The largest absolute Gasteiger partial charge is 0.371 e. The number of urea groups is 1. The molecule has 2 N–H and O–H groups in total. The molecule has 2 saturated heterocycles. The molecule has 8 nitrogen and oxygen atoms in total. The van der Waals surface area contributed by atoms with Crippen molar-refractivity contribution in [2.75, 3.05) is 13.2 Å². The molecule has 29 heavy (non-hydrogen) atoms. The minimum atomic E-state index is -0.165. The van der Waals surface area contributed by atoms with Crippen molar-refractivity contribution in [3.63, 3.8) is 0 Å². The maximum atomic E-state index is 12.4. The fourth-order valence-electron chi connectivity index (χ4n) is 4.65. The molecule has 2 aliphatic heterocycles. The van der Waals surface area contributed by atoms with Crippen LogP contribution in [0.4, 0.5) is 4.79 Å². The van der Waals surface area contributed by atoms with Gasteiger partial charge in [-0.25, -0.2) is 9.48 Å². The molecule has 1 aromatic heterocycles. The third-order valence-corrected chi connectivity index (χ3v) is 6.20. The van der Waals surface area contributed by atoms with Gasteiger partial charge >= 0.3 is 6.03 Å². The molecule has 4 unspecified atom stereocenters. The first kappa shape index (κ1) is 18.6. The van der Waals surface area contributed by atoms with Crippen LogP contribution in [0.1, 0.15) is 38.1 Å². The second-order valence-electron chi connectivity index (χ2n) is 8.17. The van der Waals surface area contributed by atoms with Crippen molar-refractivity contribution in [2.24, 2.45) is 0 Å². The van der Waals surface area contributed by atoms with Gasteiger partial charge in [0.05, 0.1) is 25.5 Å². The van der Waals surface area contributed by atoms with E-state index in [4.69, 9.17) is 9.47 Å². The van der Waals surface area contributed by atoms with E-state index in [0.717, 1.165) is 24.1 Å². The lowest BCUT2D eigenvalue weighted by Gasteiger charge is -2.24. The maximum absolute atomic E-state index is 12.4. The van der Waals surface area contributed by atoms with E-state index in [9.17, 15) is 4.79 Å². The summed E-state index contributed by atoms with van der Waals surface area (Å²) in [7, 11) is 0. The number of benzene rings is 1. The highest BCUT2D eigenvalue weighted by Crippen LogP contribution is 2.34. The molecule has 154 valence electrons. The van der Waals surface area contributed by atoms with Gasteiger partial charge < -0.3 is 20.1 Å². The summed E-state index contributed by atoms with van der Waals surface area (Å²) in [4.78, 5) is 12.4. The third-order valence-electron chi connectivity index (χ3n) is 6.20. The van der Waals surface area contributed by atoms with Gasteiger partial charge in [-0.3, -0.25) is 0 Å². The molecule has 4 atom stereocenters. The Bertz CT molecular complexity index is 836. The first-order valence-electron chi connectivity index (χ1n) is 10.6. The number of rotatable bonds is 4. The summed E-state index contributed by atoms with van der Waals surface area (Å²) in [5, 5.41) is 14.8. The van der Waals surface area contributed by atoms with Crippen LogP contribution in [0.15, 0.2) is 36.5 Å². The first-order chi connectivity index (χ1) is 14.3. The number of hydrogen-bond acceptors (Lipinski definition) is 5. The normalized spacial score (nSPS) is 29.5. The zero-order valence-corrected chi connectivity index (χ0v) is 16.4. The highest BCUT2D eigenvalue weighted by atomic mass is 16.6. The van der Waals surface area contributed by atoms with E-state index < -0.39 is 0 Å². The minimum absolute atomic E-state index is 0.0434. The SMILES string of the molecule is O=C(NC1CCCCC1)NC1COC2C1OCC2n1cc(-c2ccccc2)nn1. The van der Waals surface area contributed by atoms with Crippen molar-refractivity contribution < 1.29 is 14.3 Å². The second-order valence-corrected chi connectivity index (χ2v) is 8.17. The van der Waals surface area contributed by atoms with Crippen LogP contribution in [-0.2, 0) is 9.47 Å². The quantitative estimate of drug-likeness (QED) is 0.826. The predicted octanol–water partition coefficient (Wildman–Crippen LogP) is 2.28. The fraction of sp³-hybridized carbons (Fsp3) is 0.571. The Labute approximate surface area is 169 Å². The van der Waals surface area contributed by atoms with Crippen molar-refractivity contribution in [2.45, 2.75) is 62.4 Å². The number of carbonyl (C=O) groups excluding carboxylic acids is 1. The van der Waals surface area contributed by atoms with Crippen molar-refractivity contribution in [1.29, 1.82) is 0 Å². The lowest BCUT2D eigenvalue weighted by molar-refractivity contribution is 0.0622. The summed E-state index contributed by atoms with van der Waals surface area (Å²) in [5.41, 5.74) is 1.86. The molecule has 3 fully saturated rings. The first-order valence-corrected chi connectivity index (χ1v) is 10.6. The Morgan fingerprint density at radius 1 is 1.00 bits per heavy atom. The number of hydrogen-bond donors (Lipinski definition) is 2. The lowest BCUT2D eigenvalue weighted by atomic mass is 9.96. The Kier molecular flexibility index (Phi) is 5.20. The Morgan fingerprint density at radius 2 is 1.79 bits per heavy atom. The van der Waals surface area contributed by atoms with Gasteiger partial charge in [0.2, 0.25) is 0 Å². The van der Waals surface area contributed by atoms with Gasteiger partial charge in [-0.05, 0) is 12.8 Å². The van der Waals surface area contributed by atoms with E-state index in [2.05, 4.69) is 20.9 Å². The summed E-state index contributed by atoms with van der Waals surface area (Å²) >= 11 is 0. The summed E-state index contributed by atoms with van der Waals surface area (Å²) in [6.45, 7) is 0.944. The average Bonchev–Trinajstić information content (AvgIpc) is 3.47. The number of ether oxygens (including phenoxy) is 2. The second kappa shape index (κ2) is 8.12. The molecular formula is C21H27N5O3. The lowest BCUT2D eigenvalue weighted by Crippen LogP contribution is -2.50. The molecule has 2 aromatic rings. The summed E-state index contributed by atoms with van der Waals surface area (Å²) in [6.07, 6.45) is 7.41. The number of amides is 2. The molecule has 1 saturated carbocycles. The number of fused-ring (bicyclic) bond motifs is 1. The molecule has 2 amide bonds. The smallest absolute Gasteiger partial charge is 0.315 e. The Hall–Kier alpha value is -2.45. The number of nitrogens with one attached hydrogen (secondary N) is 2. The van der Waals surface area contributed by atoms with Crippen LogP contribution in [0.5, 0.6) is 0 Å². The topological polar surface area (TPSA) is 90.3 Å². The van der Waals surface area contributed by atoms with Crippen LogP contribution >= 0.6 is 0 Å². The Balaban J connectivity index is 1.20. The number of carbonyl (C=O) groups is 1. The molecule has 1 aromatic carbocycles. The van der Waals surface area contributed by atoms with E-state index in [0.29, 0.717) is 13.2 Å². The van der Waals surface area contributed by atoms with Crippen LogP contribution in [0.3, 0.4) is 0 Å². The van der Waals surface area contributed by atoms with E-state index in [1.807, 2.05) is 41.2 Å².